The standard InChI is InChI=1S/C19H19NO4S2/c21-17(22)12-24-16-3-1-2-13(10-16)11-20-18(23)14-4-6-15(7-5-14)19-25-8-9-26-19/h1-7,10,19H,8-9,11-12H2,(H,20,23)(H,21,22). The molecule has 2 aromatic carbocycles. The third-order valence-corrected chi connectivity index (χ3v) is 6.89. The Morgan fingerprint density at radius 2 is 1.85 bits per heavy atom. The first-order chi connectivity index (χ1) is 12.6. The molecule has 136 valence electrons. The number of amides is 1. The lowest BCUT2D eigenvalue weighted by molar-refractivity contribution is -0.139. The molecule has 1 aliphatic heterocycles. The normalized spacial score (nSPS) is 14.2. The number of nitrogens with one attached hydrogen (secondary N) is 1. The molecule has 2 N–H and O–H groups in total. The second-order valence-electron chi connectivity index (χ2n) is 5.71. The van der Waals surface area contributed by atoms with Crippen LogP contribution in [-0.2, 0) is 11.3 Å². The van der Waals surface area contributed by atoms with Crippen LogP contribution < -0.4 is 10.1 Å². The van der Waals surface area contributed by atoms with Gasteiger partial charge in [0.05, 0.1) is 4.58 Å². The first-order valence-electron chi connectivity index (χ1n) is 8.17. The lowest BCUT2D eigenvalue weighted by Crippen LogP contribution is -2.22. The Morgan fingerprint density at radius 1 is 1.12 bits per heavy atom. The lowest BCUT2D eigenvalue weighted by atomic mass is 10.1. The van der Waals surface area contributed by atoms with Gasteiger partial charge in [-0.05, 0) is 35.4 Å². The zero-order valence-corrected chi connectivity index (χ0v) is 15.6. The average molecular weight is 389 g/mol. The molecule has 0 saturated carbocycles. The topological polar surface area (TPSA) is 75.6 Å². The van der Waals surface area contributed by atoms with Gasteiger partial charge in [0.1, 0.15) is 5.75 Å². The number of carbonyl (C=O) groups is 2. The van der Waals surface area contributed by atoms with Crippen molar-refractivity contribution in [3.05, 3.63) is 65.2 Å². The molecule has 0 aliphatic carbocycles. The molecule has 7 heteroatoms. The van der Waals surface area contributed by atoms with E-state index in [4.69, 9.17) is 9.84 Å². The van der Waals surface area contributed by atoms with Gasteiger partial charge in [-0.15, -0.1) is 23.5 Å². The van der Waals surface area contributed by atoms with Crippen LogP contribution in [0.5, 0.6) is 5.75 Å². The Hall–Kier alpha value is -2.12. The van der Waals surface area contributed by atoms with Crippen LogP contribution in [0.15, 0.2) is 48.5 Å². The van der Waals surface area contributed by atoms with Gasteiger partial charge in [-0.3, -0.25) is 4.79 Å². The lowest BCUT2D eigenvalue weighted by Gasteiger charge is -2.10. The van der Waals surface area contributed by atoms with Gasteiger partial charge in [-0.1, -0.05) is 24.3 Å². The minimum Gasteiger partial charge on any atom is -0.482 e. The number of rotatable bonds is 7. The number of thioether (sulfide) groups is 2. The van der Waals surface area contributed by atoms with Crippen LogP contribution >= 0.6 is 23.5 Å². The van der Waals surface area contributed by atoms with Crippen molar-refractivity contribution in [1.82, 2.24) is 5.32 Å². The molecule has 1 heterocycles. The first kappa shape index (κ1) is 18.7. The Morgan fingerprint density at radius 3 is 2.54 bits per heavy atom. The molecule has 0 aromatic heterocycles. The van der Waals surface area contributed by atoms with Crippen LogP contribution in [-0.4, -0.2) is 35.1 Å². The van der Waals surface area contributed by atoms with Crippen molar-refractivity contribution in [3.8, 4) is 5.75 Å². The Balaban J connectivity index is 1.55. The van der Waals surface area contributed by atoms with Crippen molar-refractivity contribution < 1.29 is 19.4 Å². The van der Waals surface area contributed by atoms with E-state index in [1.165, 1.54) is 17.1 Å². The van der Waals surface area contributed by atoms with Crippen LogP contribution in [0.2, 0.25) is 0 Å². The summed E-state index contributed by atoms with van der Waals surface area (Å²) in [6, 6.07) is 14.8. The number of aliphatic carboxylic acids is 1. The quantitative estimate of drug-likeness (QED) is 0.754. The highest BCUT2D eigenvalue weighted by molar-refractivity contribution is 8.19. The fraction of sp³-hybridized carbons (Fsp3) is 0.263. The Labute approximate surface area is 160 Å². The predicted octanol–water partition coefficient (Wildman–Crippen LogP) is 3.56. The van der Waals surface area contributed by atoms with Crippen molar-refractivity contribution >= 4 is 35.4 Å². The zero-order chi connectivity index (χ0) is 18.4. The summed E-state index contributed by atoms with van der Waals surface area (Å²) in [6.07, 6.45) is 0. The summed E-state index contributed by atoms with van der Waals surface area (Å²) in [6.45, 7) is -0.0427. The van der Waals surface area contributed by atoms with Gasteiger partial charge in [-0.25, -0.2) is 4.79 Å². The molecule has 1 aliphatic rings. The molecule has 1 saturated heterocycles. The maximum atomic E-state index is 12.3. The molecule has 0 spiro atoms. The molecular weight excluding hydrogens is 370 g/mol. The minimum absolute atomic E-state index is 0.139. The van der Waals surface area contributed by atoms with E-state index in [9.17, 15) is 9.59 Å². The van der Waals surface area contributed by atoms with Crippen LogP contribution in [0.3, 0.4) is 0 Å². The van der Waals surface area contributed by atoms with E-state index in [1.54, 1.807) is 18.2 Å². The summed E-state index contributed by atoms with van der Waals surface area (Å²) < 4.78 is 5.62. The van der Waals surface area contributed by atoms with E-state index in [1.807, 2.05) is 53.9 Å². The number of benzene rings is 2. The number of hydrogen-bond donors (Lipinski definition) is 2. The number of carbonyl (C=O) groups excluding carboxylic acids is 1. The molecular formula is C19H19NO4S2. The van der Waals surface area contributed by atoms with E-state index in [-0.39, 0.29) is 12.5 Å². The van der Waals surface area contributed by atoms with E-state index in [2.05, 4.69) is 5.32 Å². The maximum Gasteiger partial charge on any atom is 0.341 e. The minimum atomic E-state index is -1.03. The molecule has 5 nitrogen and oxygen atoms in total. The molecule has 26 heavy (non-hydrogen) atoms. The molecule has 0 unspecified atom stereocenters. The Bertz CT molecular complexity index is 773. The third-order valence-electron chi connectivity index (χ3n) is 3.78. The smallest absolute Gasteiger partial charge is 0.341 e. The molecule has 2 aromatic rings. The Kier molecular flexibility index (Phi) is 6.46. The van der Waals surface area contributed by atoms with Gasteiger partial charge in [-0.2, -0.15) is 0 Å². The van der Waals surface area contributed by atoms with E-state index >= 15 is 0 Å². The SMILES string of the molecule is O=C(O)COc1cccc(CNC(=O)c2ccc(C3SCCS3)cc2)c1. The van der Waals surface area contributed by atoms with Crippen molar-refractivity contribution in [2.75, 3.05) is 18.1 Å². The van der Waals surface area contributed by atoms with Crippen molar-refractivity contribution in [2.45, 2.75) is 11.1 Å². The molecule has 0 radical (unpaired) electrons. The van der Waals surface area contributed by atoms with Crippen LogP contribution in [0, 0.1) is 0 Å². The van der Waals surface area contributed by atoms with Crippen LogP contribution in [0.4, 0.5) is 0 Å². The molecule has 3 rings (SSSR count). The molecule has 1 fully saturated rings. The summed E-state index contributed by atoms with van der Waals surface area (Å²) in [5.41, 5.74) is 2.72. The fourth-order valence-electron chi connectivity index (χ4n) is 2.52. The fourth-order valence-corrected chi connectivity index (χ4v) is 5.38. The third kappa shape index (κ3) is 5.19. The van der Waals surface area contributed by atoms with Gasteiger partial charge in [0, 0.05) is 23.6 Å². The van der Waals surface area contributed by atoms with Gasteiger partial charge in [0.25, 0.3) is 5.91 Å². The zero-order valence-electron chi connectivity index (χ0n) is 14.0. The van der Waals surface area contributed by atoms with Crippen molar-refractivity contribution in [1.29, 1.82) is 0 Å². The summed E-state index contributed by atoms with van der Waals surface area (Å²) in [4.78, 5) is 22.9. The highest BCUT2D eigenvalue weighted by Crippen LogP contribution is 2.45. The van der Waals surface area contributed by atoms with E-state index in [0.29, 0.717) is 22.4 Å². The van der Waals surface area contributed by atoms with Crippen LogP contribution in [0.25, 0.3) is 0 Å². The summed E-state index contributed by atoms with van der Waals surface area (Å²) in [5, 5.41) is 11.5. The average Bonchev–Trinajstić information content (AvgIpc) is 3.20. The van der Waals surface area contributed by atoms with Crippen molar-refractivity contribution in [3.63, 3.8) is 0 Å². The van der Waals surface area contributed by atoms with Gasteiger partial charge >= 0.3 is 5.97 Å². The molecule has 0 bridgehead atoms. The van der Waals surface area contributed by atoms with Gasteiger partial charge in [0.2, 0.25) is 0 Å². The summed E-state index contributed by atoms with van der Waals surface area (Å²) in [5.74, 6) is 1.65. The van der Waals surface area contributed by atoms with Gasteiger partial charge in [0.15, 0.2) is 6.61 Å². The second-order valence-corrected chi connectivity index (χ2v) is 8.43. The summed E-state index contributed by atoms with van der Waals surface area (Å²) in [7, 11) is 0. The predicted molar refractivity (Wildman–Crippen MR) is 105 cm³/mol. The monoisotopic (exact) mass is 389 g/mol. The highest BCUT2D eigenvalue weighted by Gasteiger charge is 2.18. The second kappa shape index (κ2) is 9.00. The first-order valence-corrected chi connectivity index (χ1v) is 10.3. The number of carboxylic acid groups (broad SMARTS) is 1. The van der Waals surface area contributed by atoms with Crippen molar-refractivity contribution in [2.24, 2.45) is 0 Å². The summed E-state index contributed by atoms with van der Waals surface area (Å²) >= 11 is 3.88. The maximum absolute atomic E-state index is 12.3. The van der Waals surface area contributed by atoms with Gasteiger partial charge < -0.3 is 15.2 Å². The molecule has 1 amide bonds. The number of carboxylic acids is 1. The number of ether oxygens (including phenoxy) is 1. The van der Waals surface area contributed by atoms with E-state index in [0.717, 1.165) is 5.56 Å². The number of hydrogen-bond acceptors (Lipinski definition) is 5. The van der Waals surface area contributed by atoms with Crippen LogP contribution in [0.1, 0.15) is 26.1 Å². The van der Waals surface area contributed by atoms with E-state index < -0.39 is 5.97 Å². The molecule has 0 atom stereocenters. The highest BCUT2D eigenvalue weighted by atomic mass is 32.2. The largest absolute Gasteiger partial charge is 0.482 e.